The molecule has 1 saturated carbocycles. The number of rotatable bonds is 5. The largest absolute Gasteiger partial charge is 0.308 e. The van der Waals surface area contributed by atoms with E-state index in [9.17, 15) is 0 Å². The minimum absolute atomic E-state index is 0.691. The van der Waals surface area contributed by atoms with Gasteiger partial charge in [0.25, 0.3) is 0 Å². The van der Waals surface area contributed by atoms with Crippen LogP contribution in [0.1, 0.15) is 44.0 Å². The van der Waals surface area contributed by atoms with Gasteiger partial charge in [0.05, 0.1) is 11.4 Å². The minimum Gasteiger partial charge on any atom is -0.308 e. The van der Waals surface area contributed by atoms with Crippen molar-refractivity contribution in [1.29, 1.82) is 0 Å². The molecule has 0 bridgehead atoms. The van der Waals surface area contributed by atoms with Crippen LogP contribution >= 0.6 is 11.8 Å². The SMILES string of the molecule is CCc1cc(CNC2CCCC(SC)C2)n(C)n1. The molecule has 3 nitrogen and oxygen atoms in total. The van der Waals surface area contributed by atoms with Gasteiger partial charge in [-0.2, -0.15) is 16.9 Å². The molecule has 1 heterocycles. The second-order valence-corrected chi connectivity index (χ2v) is 6.34. The molecule has 0 saturated heterocycles. The molecule has 1 aromatic heterocycles. The Morgan fingerprint density at radius 2 is 2.33 bits per heavy atom. The topological polar surface area (TPSA) is 29.9 Å². The van der Waals surface area contributed by atoms with E-state index in [-0.39, 0.29) is 0 Å². The first-order valence-electron chi connectivity index (χ1n) is 7.01. The van der Waals surface area contributed by atoms with Crippen molar-refractivity contribution in [1.82, 2.24) is 15.1 Å². The van der Waals surface area contributed by atoms with Crippen LogP contribution in [-0.2, 0) is 20.0 Å². The molecule has 18 heavy (non-hydrogen) atoms. The molecule has 1 aromatic rings. The van der Waals surface area contributed by atoms with Crippen molar-refractivity contribution in [3.05, 3.63) is 17.5 Å². The highest BCUT2D eigenvalue weighted by Crippen LogP contribution is 2.27. The Labute approximate surface area is 115 Å². The number of nitrogens with zero attached hydrogens (tertiary/aromatic N) is 2. The van der Waals surface area contributed by atoms with Crippen LogP contribution in [0.3, 0.4) is 0 Å². The molecule has 1 aliphatic rings. The van der Waals surface area contributed by atoms with E-state index in [2.05, 4.69) is 29.7 Å². The molecule has 1 aliphatic carbocycles. The van der Waals surface area contributed by atoms with E-state index in [1.54, 1.807) is 0 Å². The number of thioether (sulfide) groups is 1. The molecule has 0 spiro atoms. The van der Waals surface area contributed by atoms with Crippen LogP contribution < -0.4 is 5.32 Å². The van der Waals surface area contributed by atoms with E-state index in [1.165, 1.54) is 37.1 Å². The van der Waals surface area contributed by atoms with Crippen molar-refractivity contribution in [3.63, 3.8) is 0 Å². The van der Waals surface area contributed by atoms with Crippen LogP contribution in [0.4, 0.5) is 0 Å². The maximum Gasteiger partial charge on any atom is 0.0625 e. The summed E-state index contributed by atoms with van der Waals surface area (Å²) in [4.78, 5) is 0. The Bertz CT molecular complexity index is 375. The standard InChI is InChI=1S/C14H25N3S/c1-4-11-8-13(17(2)16-11)10-15-12-6-5-7-14(9-12)18-3/h8,12,14-15H,4-7,9-10H2,1-3H3. The fourth-order valence-electron chi connectivity index (χ4n) is 2.70. The summed E-state index contributed by atoms with van der Waals surface area (Å²) < 4.78 is 2.01. The Morgan fingerprint density at radius 3 is 3.00 bits per heavy atom. The van der Waals surface area contributed by atoms with Gasteiger partial charge >= 0.3 is 0 Å². The highest BCUT2D eigenvalue weighted by atomic mass is 32.2. The van der Waals surface area contributed by atoms with Gasteiger partial charge in [0.2, 0.25) is 0 Å². The Balaban J connectivity index is 1.85. The Morgan fingerprint density at radius 1 is 1.50 bits per heavy atom. The summed E-state index contributed by atoms with van der Waals surface area (Å²) in [6, 6.07) is 2.91. The van der Waals surface area contributed by atoms with E-state index in [4.69, 9.17) is 0 Å². The molecular formula is C14H25N3S. The van der Waals surface area contributed by atoms with Gasteiger partial charge in [0.1, 0.15) is 0 Å². The summed E-state index contributed by atoms with van der Waals surface area (Å²) >= 11 is 2.02. The number of hydrogen-bond donors (Lipinski definition) is 1. The average molecular weight is 267 g/mol. The van der Waals surface area contributed by atoms with Crippen molar-refractivity contribution < 1.29 is 0 Å². The molecular weight excluding hydrogens is 242 g/mol. The van der Waals surface area contributed by atoms with E-state index < -0.39 is 0 Å². The maximum atomic E-state index is 4.50. The van der Waals surface area contributed by atoms with Crippen molar-refractivity contribution in [2.24, 2.45) is 7.05 Å². The molecule has 102 valence electrons. The van der Waals surface area contributed by atoms with Gasteiger partial charge < -0.3 is 5.32 Å². The summed E-state index contributed by atoms with van der Waals surface area (Å²) in [5.41, 5.74) is 2.50. The molecule has 1 fully saturated rings. The smallest absolute Gasteiger partial charge is 0.0625 e. The van der Waals surface area contributed by atoms with Crippen molar-refractivity contribution >= 4 is 11.8 Å². The molecule has 0 aliphatic heterocycles. The molecule has 0 aromatic carbocycles. The van der Waals surface area contributed by atoms with Gasteiger partial charge in [0.15, 0.2) is 0 Å². The first-order valence-corrected chi connectivity index (χ1v) is 8.29. The van der Waals surface area contributed by atoms with Gasteiger partial charge in [-0.1, -0.05) is 13.3 Å². The highest BCUT2D eigenvalue weighted by Gasteiger charge is 2.20. The molecule has 4 heteroatoms. The van der Waals surface area contributed by atoms with Gasteiger partial charge in [-0.25, -0.2) is 0 Å². The minimum atomic E-state index is 0.691. The lowest BCUT2D eigenvalue weighted by Gasteiger charge is -2.28. The van der Waals surface area contributed by atoms with Crippen LogP contribution in [0.5, 0.6) is 0 Å². The number of aromatic nitrogens is 2. The first kappa shape index (κ1) is 13.9. The fourth-order valence-corrected chi connectivity index (χ4v) is 3.53. The fraction of sp³-hybridized carbons (Fsp3) is 0.786. The summed E-state index contributed by atoms with van der Waals surface area (Å²) in [7, 11) is 2.04. The summed E-state index contributed by atoms with van der Waals surface area (Å²) in [6.45, 7) is 3.11. The molecule has 1 N–H and O–H groups in total. The van der Waals surface area contributed by atoms with Crippen LogP contribution in [0.25, 0.3) is 0 Å². The third kappa shape index (κ3) is 3.51. The van der Waals surface area contributed by atoms with Crippen LogP contribution in [0, 0.1) is 0 Å². The third-order valence-electron chi connectivity index (χ3n) is 3.92. The molecule has 2 atom stereocenters. The Kier molecular flexibility index (Phi) is 5.13. The number of hydrogen-bond acceptors (Lipinski definition) is 3. The third-order valence-corrected chi connectivity index (χ3v) is 5.02. The average Bonchev–Trinajstić information content (AvgIpc) is 2.77. The summed E-state index contributed by atoms with van der Waals surface area (Å²) in [5, 5.41) is 9.06. The summed E-state index contributed by atoms with van der Waals surface area (Å²) in [6.07, 6.45) is 8.67. The zero-order chi connectivity index (χ0) is 13.0. The Hall–Kier alpha value is -0.480. The lowest BCUT2D eigenvalue weighted by molar-refractivity contribution is 0.376. The second-order valence-electron chi connectivity index (χ2n) is 5.21. The lowest BCUT2D eigenvalue weighted by Crippen LogP contribution is -2.35. The second kappa shape index (κ2) is 6.62. The predicted octanol–water partition coefficient (Wildman–Crippen LogP) is 2.75. The molecule has 0 radical (unpaired) electrons. The quantitative estimate of drug-likeness (QED) is 0.889. The summed E-state index contributed by atoms with van der Waals surface area (Å²) in [5.74, 6) is 0. The van der Waals surface area contributed by atoms with Gasteiger partial charge in [-0.05, 0) is 38.0 Å². The molecule has 2 unspecified atom stereocenters. The monoisotopic (exact) mass is 267 g/mol. The first-order chi connectivity index (χ1) is 8.72. The van der Waals surface area contributed by atoms with Crippen LogP contribution in [0.2, 0.25) is 0 Å². The number of aryl methyl sites for hydroxylation is 2. The van der Waals surface area contributed by atoms with Gasteiger partial charge in [0, 0.05) is 24.9 Å². The van der Waals surface area contributed by atoms with E-state index in [0.717, 1.165) is 18.2 Å². The van der Waals surface area contributed by atoms with Crippen LogP contribution in [-0.4, -0.2) is 27.3 Å². The van der Waals surface area contributed by atoms with Crippen molar-refractivity contribution in [2.75, 3.05) is 6.26 Å². The zero-order valence-corrected chi connectivity index (χ0v) is 12.6. The van der Waals surface area contributed by atoms with Crippen molar-refractivity contribution in [3.8, 4) is 0 Å². The van der Waals surface area contributed by atoms with E-state index in [0.29, 0.717) is 6.04 Å². The highest BCUT2D eigenvalue weighted by molar-refractivity contribution is 7.99. The van der Waals surface area contributed by atoms with E-state index in [1.807, 2.05) is 23.5 Å². The molecule has 2 rings (SSSR count). The van der Waals surface area contributed by atoms with Gasteiger partial charge in [-0.3, -0.25) is 4.68 Å². The van der Waals surface area contributed by atoms with E-state index >= 15 is 0 Å². The molecule has 0 amide bonds. The number of nitrogens with one attached hydrogen (secondary N) is 1. The predicted molar refractivity (Wildman–Crippen MR) is 79.0 cm³/mol. The normalized spacial score (nSPS) is 24.4. The lowest BCUT2D eigenvalue weighted by atomic mass is 9.95. The van der Waals surface area contributed by atoms with Crippen molar-refractivity contribution in [2.45, 2.75) is 56.9 Å². The van der Waals surface area contributed by atoms with Gasteiger partial charge in [-0.15, -0.1) is 0 Å². The maximum absolute atomic E-state index is 4.50. The zero-order valence-electron chi connectivity index (χ0n) is 11.8. The van der Waals surface area contributed by atoms with Crippen LogP contribution in [0.15, 0.2) is 6.07 Å².